The van der Waals surface area contributed by atoms with Gasteiger partial charge in [0.15, 0.2) is 6.20 Å². The highest BCUT2D eigenvalue weighted by atomic mass is 19.1. The standard InChI is InChI=1S/C36H38F2NO/c1-21-7-16-27-28-17-18-29(37)33(35(28)40-34(27)32(21)31-19-30(38)22(2)20-39(31)6)25-10-8-23(9-11-25)24-12-14-26(15-13-24)36(3,4)5/h7-11,16-20,24,26H,12-15H2,1-6H3/q+1. The number of furan rings is 1. The molecule has 2 nitrogen and oxygen atoms in total. The molecule has 0 bridgehead atoms. The van der Waals surface area contributed by atoms with Crippen molar-refractivity contribution in [1.82, 2.24) is 0 Å². The van der Waals surface area contributed by atoms with E-state index in [-0.39, 0.29) is 11.6 Å². The highest BCUT2D eigenvalue weighted by Gasteiger charge is 2.30. The van der Waals surface area contributed by atoms with Gasteiger partial charge in [-0.1, -0.05) is 57.2 Å². The molecule has 0 atom stereocenters. The maximum Gasteiger partial charge on any atom is 0.219 e. The molecule has 2 aromatic heterocycles. The van der Waals surface area contributed by atoms with E-state index in [9.17, 15) is 4.39 Å². The zero-order valence-electron chi connectivity index (χ0n) is 24.4. The number of aryl methyl sites for hydroxylation is 3. The number of halogens is 2. The van der Waals surface area contributed by atoms with Crippen LogP contribution in [-0.4, -0.2) is 0 Å². The summed E-state index contributed by atoms with van der Waals surface area (Å²) in [5.74, 6) is 0.755. The lowest BCUT2D eigenvalue weighted by molar-refractivity contribution is -0.661. The van der Waals surface area contributed by atoms with Crippen molar-refractivity contribution in [2.45, 2.75) is 66.2 Å². The minimum Gasteiger partial charge on any atom is -0.454 e. The van der Waals surface area contributed by atoms with Crippen LogP contribution in [0.25, 0.3) is 44.3 Å². The van der Waals surface area contributed by atoms with E-state index in [1.165, 1.54) is 37.3 Å². The zero-order valence-corrected chi connectivity index (χ0v) is 24.4. The number of hydrogen-bond acceptors (Lipinski definition) is 1. The fourth-order valence-electron chi connectivity index (χ4n) is 6.79. The molecule has 6 rings (SSSR count). The Balaban J connectivity index is 1.43. The molecule has 2 heterocycles. The molecule has 0 N–H and O–H groups in total. The van der Waals surface area contributed by atoms with Crippen molar-refractivity contribution in [2.24, 2.45) is 18.4 Å². The van der Waals surface area contributed by atoms with Crippen LogP contribution in [-0.2, 0) is 7.05 Å². The molecule has 1 aliphatic rings. The third kappa shape index (κ3) is 4.52. The maximum absolute atomic E-state index is 15.5. The maximum atomic E-state index is 15.5. The Morgan fingerprint density at radius 3 is 2.02 bits per heavy atom. The third-order valence-electron chi connectivity index (χ3n) is 9.25. The van der Waals surface area contributed by atoms with Crippen LogP contribution in [0.15, 0.2) is 65.2 Å². The molecule has 0 amide bonds. The third-order valence-corrected chi connectivity index (χ3v) is 9.25. The van der Waals surface area contributed by atoms with E-state index in [4.69, 9.17) is 4.42 Å². The van der Waals surface area contributed by atoms with Gasteiger partial charge in [-0.3, -0.25) is 0 Å². The minimum absolute atomic E-state index is 0.265. The minimum atomic E-state index is -0.310. The number of fused-ring (bicyclic) bond motifs is 3. The molecule has 206 valence electrons. The second-order valence-corrected chi connectivity index (χ2v) is 12.9. The van der Waals surface area contributed by atoms with Gasteiger partial charge in [-0.2, -0.15) is 0 Å². The topological polar surface area (TPSA) is 17.0 Å². The van der Waals surface area contributed by atoms with Gasteiger partial charge in [0.1, 0.15) is 29.8 Å². The number of benzene rings is 3. The Hall–Kier alpha value is -3.53. The van der Waals surface area contributed by atoms with Gasteiger partial charge in [0.25, 0.3) is 0 Å². The van der Waals surface area contributed by atoms with Crippen LogP contribution < -0.4 is 4.57 Å². The van der Waals surface area contributed by atoms with Crippen molar-refractivity contribution in [3.05, 3.63) is 89.1 Å². The summed E-state index contributed by atoms with van der Waals surface area (Å²) in [5, 5.41) is 1.75. The van der Waals surface area contributed by atoms with Gasteiger partial charge in [0.2, 0.25) is 5.69 Å². The van der Waals surface area contributed by atoms with Crippen molar-refractivity contribution in [3.63, 3.8) is 0 Å². The molecular formula is C36H38F2NO+. The van der Waals surface area contributed by atoms with Crippen LogP contribution in [0.5, 0.6) is 0 Å². The van der Waals surface area contributed by atoms with E-state index >= 15 is 4.39 Å². The first-order valence-corrected chi connectivity index (χ1v) is 14.4. The summed E-state index contributed by atoms with van der Waals surface area (Å²) in [5.41, 5.74) is 7.23. The lowest BCUT2D eigenvalue weighted by atomic mass is 9.68. The summed E-state index contributed by atoms with van der Waals surface area (Å²) >= 11 is 0. The van der Waals surface area contributed by atoms with Gasteiger partial charge >= 0.3 is 0 Å². The smallest absolute Gasteiger partial charge is 0.219 e. The molecule has 0 aliphatic heterocycles. The van der Waals surface area contributed by atoms with Crippen LogP contribution in [0.2, 0.25) is 0 Å². The second-order valence-electron chi connectivity index (χ2n) is 12.9. The number of rotatable bonds is 3. The van der Waals surface area contributed by atoms with E-state index in [0.717, 1.165) is 39.1 Å². The van der Waals surface area contributed by atoms with E-state index in [0.29, 0.717) is 33.6 Å². The van der Waals surface area contributed by atoms with E-state index in [2.05, 4.69) is 32.9 Å². The van der Waals surface area contributed by atoms with Crippen LogP contribution in [0.1, 0.15) is 69.1 Å². The first-order chi connectivity index (χ1) is 19.0. The van der Waals surface area contributed by atoms with Crippen molar-refractivity contribution >= 4 is 21.9 Å². The largest absolute Gasteiger partial charge is 0.454 e. The van der Waals surface area contributed by atoms with Crippen molar-refractivity contribution in [1.29, 1.82) is 0 Å². The summed E-state index contributed by atoms with van der Waals surface area (Å²) in [6.45, 7) is 10.8. The zero-order chi connectivity index (χ0) is 28.3. The van der Waals surface area contributed by atoms with Gasteiger partial charge in [-0.25, -0.2) is 13.3 Å². The molecule has 5 aromatic rings. The average Bonchev–Trinajstić information content (AvgIpc) is 3.29. The fourth-order valence-corrected chi connectivity index (χ4v) is 6.79. The Bertz CT molecular complexity index is 1730. The predicted molar refractivity (Wildman–Crippen MR) is 159 cm³/mol. The molecule has 1 saturated carbocycles. The normalized spacial score (nSPS) is 18.1. The van der Waals surface area contributed by atoms with Crippen molar-refractivity contribution in [2.75, 3.05) is 0 Å². The second kappa shape index (κ2) is 9.83. The molecule has 4 heteroatoms. The Morgan fingerprint density at radius 2 is 1.38 bits per heavy atom. The van der Waals surface area contributed by atoms with Crippen LogP contribution in [0.4, 0.5) is 8.78 Å². The molecule has 0 unspecified atom stereocenters. The fraction of sp³-hybridized carbons (Fsp3) is 0.361. The van der Waals surface area contributed by atoms with E-state index in [1.807, 2.05) is 42.8 Å². The van der Waals surface area contributed by atoms with Crippen molar-refractivity contribution < 1.29 is 17.8 Å². The van der Waals surface area contributed by atoms with Gasteiger partial charge in [0, 0.05) is 22.4 Å². The Morgan fingerprint density at radius 1 is 0.750 bits per heavy atom. The summed E-state index contributed by atoms with van der Waals surface area (Å²) < 4.78 is 38.6. The molecular weight excluding hydrogens is 500 g/mol. The van der Waals surface area contributed by atoms with Crippen LogP contribution >= 0.6 is 0 Å². The summed E-state index contributed by atoms with van der Waals surface area (Å²) in [7, 11) is 1.91. The quantitative estimate of drug-likeness (QED) is 0.209. The van der Waals surface area contributed by atoms with Crippen LogP contribution in [0, 0.1) is 36.8 Å². The molecule has 40 heavy (non-hydrogen) atoms. The SMILES string of the molecule is Cc1c[n+](C)c(-c2c(C)ccc3c2oc2c(-c4ccc(C5CCC(C(C)(C)C)CC5)cc4)c(F)ccc23)cc1F. The molecule has 1 fully saturated rings. The number of aromatic nitrogens is 1. The Kier molecular flexibility index (Phi) is 6.56. The summed E-state index contributed by atoms with van der Waals surface area (Å²) in [6, 6.07) is 17.3. The highest BCUT2D eigenvalue weighted by molar-refractivity contribution is 6.13. The molecule has 3 aromatic carbocycles. The summed E-state index contributed by atoms with van der Waals surface area (Å²) in [4.78, 5) is 0. The average molecular weight is 539 g/mol. The molecule has 1 aliphatic carbocycles. The monoisotopic (exact) mass is 538 g/mol. The Labute approximate surface area is 235 Å². The first kappa shape index (κ1) is 26.7. The number of nitrogens with zero attached hydrogens (tertiary/aromatic N) is 1. The number of hydrogen-bond donors (Lipinski definition) is 0. The van der Waals surface area contributed by atoms with Gasteiger partial charge in [-0.15, -0.1) is 0 Å². The van der Waals surface area contributed by atoms with Gasteiger partial charge < -0.3 is 4.42 Å². The van der Waals surface area contributed by atoms with Gasteiger partial charge in [-0.05, 0) is 85.6 Å². The van der Waals surface area contributed by atoms with E-state index < -0.39 is 0 Å². The predicted octanol–water partition coefficient (Wildman–Crippen LogP) is 9.96. The lowest BCUT2D eigenvalue weighted by Gasteiger charge is -2.37. The van der Waals surface area contributed by atoms with Gasteiger partial charge in [0.05, 0.1) is 11.1 Å². The number of pyridine rings is 1. The molecule has 0 saturated heterocycles. The van der Waals surface area contributed by atoms with Crippen LogP contribution in [0.3, 0.4) is 0 Å². The lowest BCUT2D eigenvalue weighted by Crippen LogP contribution is -2.31. The highest BCUT2D eigenvalue weighted by Crippen LogP contribution is 2.45. The molecule has 0 radical (unpaired) electrons. The molecule has 0 spiro atoms. The summed E-state index contributed by atoms with van der Waals surface area (Å²) in [6.07, 6.45) is 6.70. The van der Waals surface area contributed by atoms with Crippen molar-refractivity contribution in [3.8, 4) is 22.4 Å². The first-order valence-electron chi connectivity index (χ1n) is 14.4. The van der Waals surface area contributed by atoms with E-state index in [1.54, 1.807) is 25.3 Å².